The highest BCUT2D eigenvalue weighted by molar-refractivity contribution is 5.30. The van der Waals surface area contributed by atoms with Crippen LogP contribution < -0.4 is 4.74 Å². The van der Waals surface area contributed by atoms with Crippen LogP contribution in [-0.4, -0.2) is 18.3 Å². The Labute approximate surface area is 146 Å². The number of aliphatic hydroxyl groups excluding tert-OH is 1. The maximum Gasteiger partial charge on any atom is 0.118 e. The van der Waals surface area contributed by atoms with Gasteiger partial charge in [0.05, 0.1) is 13.2 Å². The van der Waals surface area contributed by atoms with E-state index in [0.29, 0.717) is 5.92 Å². The number of benzene rings is 2. The predicted octanol–water partition coefficient (Wildman–Crippen LogP) is 5.21. The number of ether oxygens (including phenoxy) is 1. The smallest absolute Gasteiger partial charge is 0.118 e. The van der Waals surface area contributed by atoms with Gasteiger partial charge in [0.2, 0.25) is 0 Å². The van der Waals surface area contributed by atoms with Gasteiger partial charge in [-0.2, -0.15) is 0 Å². The first-order chi connectivity index (χ1) is 11.4. The zero-order chi connectivity index (χ0) is 17.6. The molecule has 2 heteroatoms. The monoisotopic (exact) mass is 326 g/mol. The van der Waals surface area contributed by atoms with Crippen LogP contribution in [0.1, 0.15) is 50.7 Å². The van der Waals surface area contributed by atoms with Crippen molar-refractivity contribution in [3.8, 4) is 5.75 Å². The molecular formula is C22H30O2. The SMILES string of the molecule is COc1ccc([C@@H](C[C@@H](O)CCc2ccccc2)C(C)(C)C)cc1. The van der Waals surface area contributed by atoms with Crippen molar-refractivity contribution in [2.75, 3.05) is 7.11 Å². The molecule has 0 amide bonds. The van der Waals surface area contributed by atoms with Gasteiger partial charge in [-0.15, -0.1) is 0 Å². The van der Waals surface area contributed by atoms with Crippen molar-refractivity contribution in [2.24, 2.45) is 5.41 Å². The van der Waals surface area contributed by atoms with Gasteiger partial charge in [0.25, 0.3) is 0 Å². The Morgan fingerprint density at radius 1 is 0.958 bits per heavy atom. The summed E-state index contributed by atoms with van der Waals surface area (Å²) in [4.78, 5) is 0. The van der Waals surface area contributed by atoms with E-state index in [4.69, 9.17) is 4.74 Å². The molecular weight excluding hydrogens is 296 g/mol. The normalized spacial score (nSPS) is 14.2. The molecule has 0 aliphatic carbocycles. The van der Waals surface area contributed by atoms with Gasteiger partial charge in [-0.05, 0) is 53.9 Å². The Bertz CT molecular complexity index is 596. The molecule has 130 valence electrons. The second kappa shape index (κ2) is 8.34. The third-order valence-electron chi connectivity index (χ3n) is 4.68. The van der Waals surface area contributed by atoms with E-state index in [2.05, 4.69) is 57.2 Å². The van der Waals surface area contributed by atoms with Crippen LogP contribution in [0.2, 0.25) is 0 Å². The van der Waals surface area contributed by atoms with Gasteiger partial charge in [-0.3, -0.25) is 0 Å². The molecule has 0 aliphatic rings. The Balaban J connectivity index is 2.02. The van der Waals surface area contributed by atoms with Gasteiger partial charge in [0, 0.05) is 0 Å². The van der Waals surface area contributed by atoms with E-state index in [1.165, 1.54) is 11.1 Å². The van der Waals surface area contributed by atoms with Gasteiger partial charge >= 0.3 is 0 Å². The van der Waals surface area contributed by atoms with Crippen LogP contribution in [-0.2, 0) is 6.42 Å². The zero-order valence-electron chi connectivity index (χ0n) is 15.3. The third kappa shape index (κ3) is 5.38. The highest BCUT2D eigenvalue weighted by Gasteiger charge is 2.28. The van der Waals surface area contributed by atoms with E-state index in [0.717, 1.165) is 25.0 Å². The van der Waals surface area contributed by atoms with Crippen LogP contribution in [0.5, 0.6) is 5.75 Å². The van der Waals surface area contributed by atoms with E-state index < -0.39 is 0 Å². The molecule has 0 aliphatic heterocycles. The molecule has 0 heterocycles. The van der Waals surface area contributed by atoms with Crippen LogP contribution >= 0.6 is 0 Å². The summed E-state index contributed by atoms with van der Waals surface area (Å²) in [6.45, 7) is 6.73. The van der Waals surface area contributed by atoms with Crippen molar-refractivity contribution < 1.29 is 9.84 Å². The lowest BCUT2D eigenvalue weighted by Gasteiger charge is -2.33. The highest BCUT2D eigenvalue weighted by atomic mass is 16.5. The Hall–Kier alpha value is -1.80. The van der Waals surface area contributed by atoms with E-state index in [1.807, 2.05) is 18.2 Å². The largest absolute Gasteiger partial charge is 0.497 e. The lowest BCUT2D eigenvalue weighted by atomic mass is 9.73. The lowest BCUT2D eigenvalue weighted by Crippen LogP contribution is -2.24. The molecule has 2 aromatic carbocycles. The summed E-state index contributed by atoms with van der Waals surface area (Å²) >= 11 is 0. The van der Waals surface area contributed by atoms with Gasteiger partial charge in [-0.25, -0.2) is 0 Å². The molecule has 0 unspecified atom stereocenters. The summed E-state index contributed by atoms with van der Waals surface area (Å²) in [7, 11) is 1.68. The average Bonchev–Trinajstić information content (AvgIpc) is 2.58. The van der Waals surface area contributed by atoms with Gasteiger partial charge in [-0.1, -0.05) is 63.2 Å². The first-order valence-corrected chi connectivity index (χ1v) is 8.76. The predicted molar refractivity (Wildman–Crippen MR) is 101 cm³/mol. The van der Waals surface area contributed by atoms with Crippen molar-refractivity contribution in [1.29, 1.82) is 0 Å². The van der Waals surface area contributed by atoms with Gasteiger partial charge in [0.15, 0.2) is 0 Å². The minimum atomic E-state index is -0.295. The number of aliphatic hydroxyl groups is 1. The van der Waals surface area contributed by atoms with Crippen LogP contribution in [0.3, 0.4) is 0 Å². The number of hydrogen-bond donors (Lipinski definition) is 1. The molecule has 0 aromatic heterocycles. The number of aryl methyl sites for hydroxylation is 1. The van der Waals surface area contributed by atoms with E-state index in [-0.39, 0.29) is 11.5 Å². The number of methoxy groups -OCH3 is 1. The van der Waals surface area contributed by atoms with Crippen LogP contribution in [0.15, 0.2) is 54.6 Å². The van der Waals surface area contributed by atoms with Gasteiger partial charge < -0.3 is 9.84 Å². The molecule has 2 atom stereocenters. The van der Waals surface area contributed by atoms with Gasteiger partial charge in [0.1, 0.15) is 5.75 Å². The van der Waals surface area contributed by atoms with Crippen LogP contribution in [0, 0.1) is 5.41 Å². The molecule has 0 radical (unpaired) electrons. The molecule has 0 spiro atoms. The third-order valence-corrected chi connectivity index (χ3v) is 4.68. The van der Waals surface area contributed by atoms with Crippen molar-refractivity contribution in [3.63, 3.8) is 0 Å². The summed E-state index contributed by atoms with van der Waals surface area (Å²) in [6.07, 6.45) is 2.20. The molecule has 24 heavy (non-hydrogen) atoms. The second-order valence-corrected chi connectivity index (χ2v) is 7.61. The molecule has 2 nitrogen and oxygen atoms in total. The first kappa shape index (κ1) is 18.5. The van der Waals surface area contributed by atoms with E-state index >= 15 is 0 Å². The standard InChI is InChI=1S/C22H30O2/c1-22(2,3)21(18-11-14-20(24-4)15-12-18)16-19(23)13-10-17-8-6-5-7-9-17/h5-9,11-12,14-15,19,21,23H,10,13,16H2,1-4H3/t19-,21+/m0/s1. The lowest BCUT2D eigenvalue weighted by molar-refractivity contribution is 0.123. The first-order valence-electron chi connectivity index (χ1n) is 8.76. The minimum absolute atomic E-state index is 0.0995. The maximum atomic E-state index is 10.6. The topological polar surface area (TPSA) is 29.5 Å². The van der Waals surface area contributed by atoms with Crippen LogP contribution in [0.4, 0.5) is 0 Å². The fourth-order valence-corrected chi connectivity index (χ4v) is 3.19. The molecule has 2 aromatic rings. The highest BCUT2D eigenvalue weighted by Crippen LogP contribution is 2.39. The summed E-state index contributed by atoms with van der Waals surface area (Å²) < 4.78 is 5.25. The maximum absolute atomic E-state index is 10.6. The summed E-state index contributed by atoms with van der Waals surface area (Å²) in [6, 6.07) is 18.6. The summed E-state index contributed by atoms with van der Waals surface area (Å²) in [5.74, 6) is 1.19. The summed E-state index contributed by atoms with van der Waals surface area (Å²) in [5, 5.41) is 10.6. The zero-order valence-corrected chi connectivity index (χ0v) is 15.3. The Kier molecular flexibility index (Phi) is 6.44. The minimum Gasteiger partial charge on any atom is -0.497 e. The quantitative estimate of drug-likeness (QED) is 0.757. The van der Waals surface area contributed by atoms with E-state index in [1.54, 1.807) is 7.11 Å². The Morgan fingerprint density at radius 2 is 1.58 bits per heavy atom. The molecule has 0 bridgehead atoms. The fraction of sp³-hybridized carbons (Fsp3) is 0.455. The fourth-order valence-electron chi connectivity index (χ4n) is 3.19. The van der Waals surface area contributed by atoms with Crippen molar-refractivity contribution in [1.82, 2.24) is 0 Å². The molecule has 0 fully saturated rings. The Morgan fingerprint density at radius 3 is 2.12 bits per heavy atom. The molecule has 1 N–H and O–H groups in total. The van der Waals surface area contributed by atoms with Crippen molar-refractivity contribution in [2.45, 2.75) is 52.1 Å². The summed E-state index contributed by atoms with van der Waals surface area (Å²) in [5.41, 5.74) is 2.65. The van der Waals surface area contributed by atoms with Crippen LogP contribution in [0.25, 0.3) is 0 Å². The van der Waals surface area contributed by atoms with Crippen molar-refractivity contribution in [3.05, 3.63) is 65.7 Å². The molecule has 0 saturated carbocycles. The van der Waals surface area contributed by atoms with Crippen molar-refractivity contribution >= 4 is 0 Å². The van der Waals surface area contributed by atoms with E-state index in [9.17, 15) is 5.11 Å². The molecule has 2 rings (SSSR count). The second-order valence-electron chi connectivity index (χ2n) is 7.61. The molecule has 0 saturated heterocycles. The number of rotatable bonds is 7. The average molecular weight is 326 g/mol. The number of hydrogen-bond acceptors (Lipinski definition) is 2.